The maximum absolute atomic E-state index is 11.3. The quantitative estimate of drug-likeness (QED) is 0.706. The largest absolute Gasteiger partial charge is 0.480 e. The Bertz CT molecular complexity index is 211. The van der Waals surface area contributed by atoms with Crippen molar-refractivity contribution in [3.63, 3.8) is 0 Å². The van der Waals surface area contributed by atoms with Crippen LogP contribution in [0.5, 0.6) is 0 Å². The fourth-order valence-electron chi connectivity index (χ4n) is 0.687. The molecule has 0 aliphatic heterocycles. The number of nitrogens with one attached hydrogen (secondary N) is 1. The minimum atomic E-state index is -1.03. The minimum absolute atomic E-state index is 0.353. The maximum Gasteiger partial charge on any atom is 0.325 e. The Labute approximate surface area is 87.8 Å². The highest BCUT2D eigenvalue weighted by Crippen LogP contribution is 1.94. The van der Waals surface area contributed by atoms with Crippen molar-refractivity contribution in [3.05, 3.63) is 0 Å². The molecule has 0 aromatic carbocycles. The van der Waals surface area contributed by atoms with E-state index in [-0.39, 0.29) is 6.03 Å². The number of thioether (sulfide) groups is 1. The molecule has 14 heavy (non-hydrogen) atoms. The summed E-state index contributed by atoms with van der Waals surface area (Å²) in [7, 11) is 1.64. The molecule has 0 spiro atoms. The average Bonchev–Trinajstić information content (AvgIpc) is 2.13. The summed E-state index contributed by atoms with van der Waals surface area (Å²) in [6.07, 6.45) is 1.95. The average molecular weight is 220 g/mol. The van der Waals surface area contributed by atoms with Crippen molar-refractivity contribution >= 4 is 23.8 Å². The van der Waals surface area contributed by atoms with Crippen molar-refractivity contribution in [1.82, 2.24) is 10.2 Å². The van der Waals surface area contributed by atoms with E-state index in [4.69, 9.17) is 5.11 Å². The summed E-state index contributed by atoms with van der Waals surface area (Å²) >= 11 is 1.63. The first kappa shape index (κ1) is 13.1. The molecule has 0 heterocycles. The first-order valence-electron chi connectivity index (χ1n) is 4.22. The summed E-state index contributed by atoms with van der Waals surface area (Å²) in [5.41, 5.74) is 0. The van der Waals surface area contributed by atoms with Gasteiger partial charge in [0.25, 0.3) is 0 Å². The van der Waals surface area contributed by atoms with Crippen LogP contribution in [-0.4, -0.2) is 53.6 Å². The third-order valence-electron chi connectivity index (χ3n) is 1.69. The summed E-state index contributed by atoms with van der Waals surface area (Å²) in [6, 6.07) is -1.20. The van der Waals surface area contributed by atoms with Gasteiger partial charge in [0.1, 0.15) is 6.04 Å². The van der Waals surface area contributed by atoms with Crippen LogP contribution in [0.3, 0.4) is 0 Å². The lowest BCUT2D eigenvalue weighted by atomic mass is 10.3. The van der Waals surface area contributed by atoms with Crippen molar-refractivity contribution < 1.29 is 14.7 Å². The van der Waals surface area contributed by atoms with Gasteiger partial charge in [-0.25, -0.2) is 4.79 Å². The van der Waals surface area contributed by atoms with E-state index < -0.39 is 12.0 Å². The molecule has 6 heteroatoms. The zero-order valence-corrected chi connectivity index (χ0v) is 9.43. The lowest BCUT2D eigenvalue weighted by Crippen LogP contribution is -2.45. The van der Waals surface area contributed by atoms with Crippen molar-refractivity contribution in [2.24, 2.45) is 0 Å². The zero-order valence-electron chi connectivity index (χ0n) is 8.61. The number of carboxylic acids is 1. The van der Waals surface area contributed by atoms with E-state index in [2.05, 4.69) is 5.32 Å². The Morgan fingerprint density at radius 2 is 2.14 bits per heavy atom. The topological polar surface area (TPSA) is 69.6 Å². The van der Waals surface area contributed by atoms with E-state index in [1.54, 1.807) is 18.8 Å². The van der Waals surface area contributed by atoms with Crippen molar-refractivity contribution in [2.75, 3.05) is 25.6 Å². The molecule has 0 aliphatic carbocycles. The van der Waals surface area contributed by atoms with E-state index in [1.807, 2.05) is 6.26 Å². The standard InChI is InChI=1S/C8H16N2O3S/c1-6(7(11)12)9-8(13)10(2)4-5-14-3/h6H,4-5H2,1-3H3,(H,9,13)(H,11,12)/t6-/m1/s1. The Hall–Kier alpha value is -0.910. The summed E-state index contributed by atoms with van der Waals surface area (Å²) in [6.45, 7) is 2.04. The lowest BCUT2D eigenvalue weighted by Gasteiger charge is -2.18. The molecule has 0 radical (unpaired) electrons. The molecule has 0 unspecified atom stereocenters. The SMILES string of the molecule is CSCCN(C)C(=O)N[C@H](C)C(=O)O. The molecule has 0 aromatic heterocycles. The predicted octanol–water partition coefficient (Wildman–Crippen LogP) is 0.464. The molecule has 0 saturated carbocycles. The fourth-order valence-corrected chi connectivity index (χ4v) is 1.14. The molecule has 0 aromatic rings. The van der Waals surface area contributed by atoms with Gasteiger partial charge in [0.15, 0.2) is 0 Å². The van der Waals surface area contributed by atoms with Crippen molar-refractivity contribution in [3.8, 4) is 0 Å². The predicted molar refractivity (Wildman–Crippen MR) is 56.6 cm³/mol. The normalized spacial score (nSPS) is 11.9. The Balaban J connectivity index is 3.88. The van der Waals surface area contributed by atoms with Crippen molar-refractivity contribution in [2.45, 2.75) is 13.0 Å². The molecule has 0 bridgehead atoms. The number of aliphatic carboxylic acids is 1. The number of nitrogens with zero attached hydrogens (tertiary/aromatic N) is 1. The van der Waals surface area contributed by atoms with Gasteiger partial charge in [-0.05, 0) is 13.2 Å². The lowest BCUT2D eigenvalue weighted by molar-refractivity contribution is -0.138. The van der Waals surface area contributed by atoms with Gasteiger partial charge >= 0.3 is 12.0 Å². The second-order valence-corrected chi connectivity index (χ2v) is 3.91. The van der Waals surface area contributed by atoms with Crippen LogP contribution in [0.25, 0.3) is 0 Å². The fraction of sp³-hybridized carbons (Fsp3) is 0.750. The number of rotatable bonds is 5. The summed E-state index contributed by atoms with van der Waals surface area (Å²) in [5, 5.41) is 10.9. The van der Waals surface area contributed by atoms with E-state index in [1.165, 1.54) is 11.8 Å². The number of carbonyl (C=O) groups is 2. The number of hydrogen-bond donors (Lipinski definition) is 2. The van der Waals surface area contributed by atoms with Gasteiger partial charge in [-0.2, -0.15) is 11.8 Å². The molecule has 82 valence electrons. The highest BCUT2D eigenvalue weighted by Gasteiger charge is 2.15. The van der Waals surface area contributed by atoms with Crippen LogP contribution in [0.15, 0.2) is 0 Å². The molecular weight excluding hydrogens is 204 g/mol. The van der Waals surface area contributed by atoms with Gasteiger partial charge in [0.2, 0.25) is 0 Å². The summed E-state index contributed by atoms with van der Waals surface area (Å²) < 4.78 is 0. The van der Waals surface area contributed by atoms with Gasteiger partial charge in [0, 0.05) is 19.3 Å². The van der Waals surface area contributed by atoms with Crippen LogP contribution in [0, 0.1) is 0 Å². The second kappa shape index (κ2) is 6.53. The molecule has 0 fully saturated rings. The monoisotopic (exact) mass is 220 g/mol. The number of urea groups is 1. The molecule has 2 N–H and O–H groups in total. The minimum Gasteiger partial charge on any atom is -0.480 e. The van der Waals surface area contributed by atoms with Crippen LogP contribution in [-0.2, 0) is 4.79 Å². The molecule has 0 rings (SSSR count). The highest BCUT2D eigenvalue weighted by atomic mass is 32.2. The number of carbonyl (C=O) groups excluding carboxylic acids is 1. The van der Waals surface area contributed by atoms with Gasteiger partial charge in [-0.3, -0.25) is 4.79 Å². The van der Waals surface area contributed by atoms with Crippen LogP contribution in [0.4, 0.5) is 4.79 Å². The molecule has 2 amide bonds. The molecular formula is C8H16N2O3S. The zero-order chi connectivity index (χ0) is 11.1. The molecule has 0 saturated heterocycles. The second-order valence-electron chi connectivity index (χ2n) is 2.92. The first-order valence-corrected chi connectivity index (χ1v) is 5.61. The first-order chi connectivity index (χ1) is 6.49. The highest BCUT2D eigenvalue weighted by molar-refractivity contribution is 7.98. The third kappa shape index (κ3) is 4.96. The van der Waals surface area contributed by atoms with Crippen LogP contribution >= 0.6 is 11.8 Å². The number of carboxylic acid groups (broad SMARTS) is 1. The van der Waals surface area contributed by atoms with Gasteiger partial charge in [-0.1, -0.05) is 0 Å². The Morgan fingerprint density at radius 3 is 2.57 bits per heavy atom. The van der Waals surface area contributed by atoms with Gasteiger partial charge in [0.05, 0.1) is 0 Å². The maximum atomic E-state index is 11.3. The van der Waals surface area contributed by atoms with Crippen LogP contribution in [0.1, 0.15) is 6.92 Å². The van der Waals surface area contributed by atoms with Crippen LogP contribution < -0.4 is 5.32 Å². The van der Waals surface area contributed by atoms with Crippen LogP contribution in [0.2, 0.25) is 0 Å². The van der Waals surface area contributed by atoms with E-state index in [9.17, 15) is 9.59 Å². The summed E-state index contributed by atoms with van der Waals surface area (Å²) in [4.78, 5) is 23.2. The Kier molecular flexibility index (Phi) is 6.11. The summed E-state index contributed by atoms with van der Waals surface area (Å²) in [5.74, 6) is -0.192. The molecule has 5 nitrogen and oxygen atoms in total. The van der Waals surface area contributed by atoms with E-state index in [0.29, 0.717) is 6.54 Å². The smallest absolute Gasteiger partial charge is 0.325 e. The van der Waals surface area contributed by atoms with E-state index >= 15 is 0 Å². The Morgan fingerprint density at radius 1 is 1.57 bits per heavy atom. The van der Waals surface area contributed by atoms with Crippen molar-refractivity contribution in [1.29, 1.82) is 0 Å². The molecule has 0 aliphatic rings. The number of hydrogen-bond acceptors (Lipinski definition) is 3. The van der Waals surface area contributed by atoms with Gasteiger partial charge < -0.3 is 15.3 Å². The third-order valence-corrected chi connectivity index (χ3v) is 2.28. The van der Waals surface area contributed by atoms with E-state index in [0.717, 1.165) is 5.75 Å². The molecule has 1 atom stereocenters. The number of amides is 2. The van der Waals surface area contributed by atoms with Gasteiger partial charge in [-0.15, -0.1) is 0 Å².